The highest BCUT2D eigenvalue weighted by Gasteiger charge is 2.34. The number of aldehydes is 1. The summed E-state index contributed by atoms with van der Waals surface area (Å²) in [5.41, 5.74) is -1.85. The van der Waals surface area contributed by atoms with Gasteiger partial charge in [0, 0.05) is 11.1 Å². The summed E-state index contributed by atoms with van der Waals surface area (Å²) in [6.07, 6.45) is -4.39. The van der Waals surface area contributed by atoms with Gasteiger partial charge in [-0.15, -0.1) is 0 Å². The van der Waals surface area contributed by atoms with Gasteiger partial charge in [-0.05, 0) is 36.2 Å². The molecular formula is C10H6ClF3O2. The van der Waals surface area contributed by atoms with Crippen molar-refractivity contribution in [1.29, 1.82) is 0 Å². The fraction of sp³-hybridized carbons (Fsp3) is 0.200. The first-order chi connectivity index (χ1) is 7.27. The molecule has 1 aromatic rings. The van der Waals surface area contributed by atoms with E-state index >= 15 is 0 Å². The van der Waals surface area contributed by atoms with Gasteiger partial charge in [0.25, 0.3) is 5.24 Å². The molecule has 0 saturated carbocycles. The number of hydrogen-bond donors (Lipinski definition) is 0. The number of carbonyl (C=O) groups excluding carboxylic acids is 2. The number of alkyl halides is 3. The summed E-state index contributed by atoms with van der Waals surface area (Å²) in [5.74, 6) is 0. The lowest BCUT2D eigenvalue weighted by Gasteiger charge is -2.12. The van der Waals surface area contributed by atoms with Gasteiger partial charge in [-0.3, -0.25) is 9.59 Å². The Kier molecular flexibility index (Phi) is 3.38. The fourth-order valence-corrected chi connectivity index (χ4v) is 1.50. The molecule has 2 nitrogen and oxygen atoms in total. The molecule has 0 amide bonds. The van der Waals surface area contributed by atoms with E-state index in [0.29, 0.717) is 6.07 Å². The minimum Gasteiger partial charge on any atom is -0.298 e. The van der Waals surface area contributed by atoms with E-state index < -0.39 is 17.0 Å². The van der Waals surface area contributed by atoms with E-state index in [2.05, 4.69) is 0 Å². The lowest BCUT2D eigenvalue weighted by atomic mass is 9.99. The smallest absolute Gasteiger partial charge is 0.298 e. The third kappa shape index (κ3) is 2.41. The van der Waals surface area contributed by atoms with Crippen molar-refractivity contribution in [3.05, 3.63) is 34.4 Å². The van der Waals surface area contributed by atoms with Crippen LogP contribution < -0.4 is 0 Å². The molecule has 0 aromatic heterocycles. The SMILES string of the molecule is Cc1c(C(=O)Cl)cc(C=O)cc1C(F)(F)F. The highest BCUT2D eigenvalue weighted by atomic mass is 35.5. The summed E-state index contributed by atoms with van der Waals surface area (Å²) in [5, 5.41) is -1.02. The molecule has 0 aliphatic heterocycles. The second-order valence-electron chi connectivity index (χ2n) is 3.13. The summed E-state index contributed by atoms with van der Waals surface area (Å²) in [6.45, 7) is 1.13. The highest BCUT2D eigenvalue weighted by molar-refractivity contribution is 6.68. The molecule has 0 bridgehead atoms. The maximum atomic E-state index is 12.5. The van der Waals surface area contributed by atoms with E-state index in [1.54, 1.807) is 0 Å². The number of benzene rings is 1. The molecule has 0 atom stereocenters. The summed E-state index contributed by atoms with van der Waals surface area (Å²) < 4.78 is 37.6. The summed E-state index contributed by atoms with van der Waals surface area (Å²) >= 11 is 5.14. The molecule has 0 radical (unpaired) electrons. The predicted molar refractivity (Wildman–Crippen MR) is 51.8 cm³/mol. The molecule has 0 heterocycles. The van der Waals surface area contributed by atoms with Crippen molar-refractivity contribution in [1.82, 2.24) is 0 Å². The van der Waals surface area contributed by atoms with Gasteiger partial charge in [-0.25, -0.2) is 0 Å². The second-order valence-corrected chi connectivity index (χ2v) is 3.47. The molecule has 86 valence electrons. The Morgan fingerprint density at radius 2 is 1.94 bits per heavy atom. The van der Waals surface area contributed by atoms with Gasteiger partial charge in [0.05, 0.1) is 5.56 Å². The maximum Gasteiger partial charge on any atom is 0.416 e. The van der Waals surface area contributed by atoms with Crippen molar-refractivity contribution in [2.45, 2.75) is 13.1 Å². The van der Waals surface area contributed by atoms with E-state index in [-0.39, 0.29) is 23.0 Å². The molecule has 1 aromatic carbocycles. The molecule has 1 rings (SSSR count). The van der Waals surface area contributed by atoms with Crippen LogP contribution in [-0.4, -0.2) is 11.5 Å². The van der Waals surface area contributed by atoms with Crippen LogP contribution in [0.3, 0.4) is 0 Å². The standard InChI is InChI=1S/C10H6ClF3O2/c1-5-7(9(11)16)2-6(4-15)3-8(5)10(12,13)14/h2-4H,1H3. The lowest BCUT2D eigenvalue weighted by Crippen LogP contribution is -2.11. The molecule has 0 unspecified atom stereocenters. The average Bonchev–Trinajstić information content (AvgIpc) is 2.15. The second kappa shape index (κ2) is 4.25. The fourth-order valence-electron chi connectivity index (χ4n) is 1.30. The normalized spacial score (nSPS) is 11.3. The summed E-state index contributed by atoms with van der Waals surface area (Å²) in [7, 11) is 0. The third-order valence-electron chi connectivity index (χ3n) is 2.08. The first-order valence-corrected chi connectivity index (χ1v) is 4.52. The Morgan fingerprint density at radius 3 is 2.31 bits per heavy atom. The van der Waals surface area contributed by atoms with Crippen LogP contribution in [0.15, 0.2) is 12.1 Å². The van der Waals surface area contributed by atoms with Crippen molar-refractivity contribution in [2.24, 2.45) is 0 Å². The Hall–Kier alpha value is -1.36. The highest BCUT2D eigenvalue weighted by Crippen LogP contribution is 2.34. The molecular weight excluding hydrogens is 245 g/mol. The number of carbonyl (C=O) groups is 2. The summed E-state index contributed by atoms with van der Waals surface area (Å²) in [4.78, 5) is 21.3. The largest absolute Gasteiger partial charge is 0.416 e. The van der Waals surface area contributed by atoms with Crippen LogP contribution in [-0.2, 0) is 6.18 Å². The molecule has 0 fully saturated rings. The van der Waals surface area contributed by atoms with Crippen LogP contribution >= 0.6 is 11.6 Å². The molecule has 0 spiro atoms. The van der Waals surface area contributed by atoms with E-state index in [1.807, 2.05) is 0 Å². The number of halogens is 4. The van der Waals surface area contributed by atoms with Crippen LogP contribution in [0.4, 0.5) is 13.2 Å². The van der Waals surface area contributed by atoms with Gasteiger partial charge < -0.3 is 0 Å². The maximum absolute atomic E-state index is 12.5. The van der Waals surface area contributed by atoms with Crippen LogP contribution in [0, 0.1) is 6.92 Å². The minimum absolute atomic E-state index is 0.234. The van der Waals surface area contributed by atoms with Crippen LogP contribution in [0.2, 0.25) is 0 Å². The Bertz CT molecular complexity index is 452. The average molecular weight is 251 g/mol. The Balaban J connectivity index is 3.56. The van der Waals surface area contributed by atoms with Crippen molar-refractivity contribution < 1.29 is 22.8 Å². The molecule has 16 heavy (non-hydrogen) atoms. The third-order valence-corrected chi connectivity index (χ3v) is 2.29. The van der Waals surface area contributed by atoms with Crippen LogP contribution in [0.25, 0.3) is 0 Å². The van der Waals surface area contributed by atoms with Crippen molar-refractivity contribution in [3.8, 4) is 0 Å². The lowest BCUT2D eigenvalue weighted by molar-refractivity contribution is -0.138. The van der Waals surface area contributed by atoms with Gasteiger partial charge in [0.15, 0.2) is 0 Å². The Labute approximate surface area is 94.0 Å². The van der Waals surface area contributed by atoms with Crippen LogP contribution in [0.5, 0.6) is 0 Å². The van der Waals surface area contributed by atoms with Gasteiger partial charge in [-0.1, -0.05) is 0 Å². The molecule has 0 aliphatic carbocycles. The zero-order valence-electron chi connectivity index (χ0n) is 8.06. The van der Waals surface area contributed by atoms with Crippen molar-refractivity contribution in [2.75, 3.05) is 0 Å². The zero-order chi connectivity index (χ0) is 12.5. The van der Waals surface area contributed by atoms with E-state index in [4.69, 9.17) is 11.6 Å². The first-order valence-electron chi connectivity index (χ1n) is 4.14. The molecule has 0 N–H and O–H groups in total. The summed E-state index contributed by atoms with van der Waals surface area (Å²) in [6, 6.07) is 1.72. The molecule has 0 saturated heterocycles. The van der Waals surface area contributed by atoms with Crippen molar-refractivity contribution in [3.63, 3.8) is 0 Å². The zero-order valence-corrected chi connectivity index (χ0v) is 8.82. The van der Waals surface area contributed by atoms with E-state index in [0.717, 1.165) is 13.0 Å². The Morgan fingerprint density at radius 1 is 1.38 bits per heavy atom. The number of rotatable bonds is 2. The van der Waals surface area contributed by atoms with E-state index in [1.165, 1.54) is 0 Å². The quantitative estimate of drug-likeness (QED) is 0.597. The van der Waals surface area contributed by atoms with Gasteiger partial charge in [-0.2, -0.15) is 13.2 Å². The van der Waals surface area contributed by atoms with Crippen LogP contribution in [0.1, 0.15) is 31.8 Å². The van der Waals surface area contributed by atoms with E-state index in [9.17, 15) is 22.8 Å². The monoisotopic (exact) mass is 250 g/mol. The first kappa shape index (κ1) is 12.7. The van der Waals surface area contributed by atoms with Crippen molar-refractivity contribution >= 4 is 23.1 Å². The predicted octanol–water partition coefficient (Wildman–Crippen LogP) is 3.21. The molecule has 0 aliphatic rings. The van der Waals surface area contributed by atoms with Gasteiger partial charge in [0.2, 0.25) is 0 Å². The number of hydrogen-bond acceptors (Lipinski definition) is 2. The van der Waals surface area contributed by atoms with Gasteiger partial charge >= 0.3 is 6.18 Å². The molecule has 6 heteroatoms. The topological polar surface area (TPSA) is 34.1 Å². The minimum atomic E-state index is -4.62. The van der Waals surface area contributed by atoms with Gasteiger partial charge in [0.1, 0.15) is 6.29 Å².